The first-order chi connectivity index (χ1) is 7.18. The fourth-order valence-electron chi connectivity index (χ4n) is 4.58. The maximum atomic E-state index is 5.82. The summed E-state index contributed by atoms with van der Waals surface area (Å²) in [4.78, 5) is 0. The van der Waals surface area contributed by atoms with E-state index in [0.29, 0.717) is 11.5 Å². The summed E-state index contributed by atoms with van der Waals surface area (Å²) in [5.74, 6) is 3.02. The maximum absolute atomic E-state index is 5.82. The molecular formula is C14H24O. The van der Waals surface area contributed by atoms with E-state index in [-0.39, 0.29) is 0 Å². The van der Waals surface area contributed by atoms with Gasteiger partial charge >= 0.3 is 0 Å². The van der Waals surface area contributed by atoms with Crippen LogP contribution in [0.2, 0.25) is 0 Å². The van der Waals surface area contributed by atoms with Gasteiger partial charge in [-0.25, -0.2) is 0 Å². The molecule has 0 amide bonds. The molecule has 3 fully saturated rings. The molecule has 3 aliphatic rings. The Kier molecular flexibility index (Phi) is 2.35. The summed E-state index contributed by atoms with van der Waals surface area (Å²) < 4.78 is 5.82. The van der Waals surface area contributed by atoms with Gasteiger partial charge in [-0.3, -0.25) is 0 Å². The van der Waals surface area contributed by atoms with Crippen molar-refractivity contribution < 1.29 is 4.74 Å². The van der Waals surface area contributed by atoms with Gasteiger partial charge in [0.2, 0.25) is 0 Å². The molecule has 0 N–H and O–H groups in total. The van der Waals surface area contributed by atoms with Gasteiger partial charge in [0, 0.05) is 6.61 Å². The Bertz CT molecular complexity index is 240. The zero-order chi connectivity index (χ0) is 10.5. The number of ether oxygens (including phenoxy) is 1. The van der Waals surface area contributed by atoms with E-state index in [0.717, 1.165) is 24.4 Å². The summed E-state index contributed by atoms with van der Waals surface area (Å²) in [6.45, 7) is 6.04. The van der Waals surface area contributed by atoms with Crippen LogP contribution in [0.4, 0.5) is 0 Å². The number of hydrogen-bond acceptors (Lipinski definition) is 1. The van der Waals surface area contributed by atoms with E-state index in [1.54, 1.807) is 0 Å². The Morgan fingerprint density at radius 3 is 2.67 bits per heavy atom. The predicted molar refractivity (Wildman–Crippen MR) is 61.7 cm³/mol. The second-order valence-corrected chi connectivity index (χ2v) is 6.57. The number of hydrogen-bond donors (Lipinski definition) is 0. The highest BCUT2D eigenvalue weighted by atomic mass is 16.5. The molecule has 15 heavy (non-hydrogen) atoms. The molecule has 0 aromatic carbocycles. The molecule has 1 heterocycles. The van der Waals surface area contributed by atoms with E-state index < -0.39 is 0 Å². The zero-order valence-corrected chi connectivity index (χ0v) is 10.2. The fraction of sp³-hybridized carbons (Fsp3) is 1.00. The highest BCUT2D eigenvalue weighted by Crippen LogP contribution is 2.60. The fourth-order valence-corrected chi connectivity index (χ4v) is 4.58. The molecule has 1 saturated heterocycles. The van der Waals surface area contributed by atoms with E-state index >= 15 is 0 Å². The summed E-state index contributed by atoms with van der Waals surface area (Å²) in [6, 6.07) is 0. The monoisotopic (exact) mass is 208 g/mol. The van der Waals surface area contributed by atoms with Crippen LogP contribution in [0.25, 0.3) is 0 Å². The van der Waals surface area contributed by atoms with Crippen LogP contribution in [0.5, 0.6) is 0 Å². The lowest BCUT2D eigenvalue weighted by molar-refractivity contribution is 0.0377. The minimum absolute atomic E-state index is 0.605. The van der Waals surface area contributed by atoms with Crippen LogP contribution in [0.1, 0.15) is 52.4 Å². The molecule has 1 aliphatic heterocycles. The van der Waals surface area contributed by atoms with Crippen molar-refractivity contribution in [3.8, 4) is 0 Å². The quantitative estimate of drug-likeness (QED) is 0.673. The molecule has 2 aliphatic carbocycles. The normalized spacial score (nSPS) is 47.6. The lowest BCUT2D eigenvalue weighted by Crippen LogP contribution is -2.33. The van der Waals surface area contributed by atoms with Gasteiger partial charge in [0.05, 0.1) is 6.10 Å². The van der Waals surface area contributed by atoms with Crippen LogP contribution < -0.4 is 0 Å². The molecule has 3 rings (SSSR count). The molecule has 0 aromatic rings. The van der Waals surface area contributed by atoms with Crippen molar-refractivity contribution in [2.75, 3.05) is 6.61 Å². The van der Waals surface area contributed by atoms with Crippen molar-refractivity contribution in [2.24, 2.45) is 23.2 Å². The molecule has 1 nitrogen and oxygen atoms in total. The van der Waals surface area contributed by atoms with E-state index in [4.69, 9.17) is 4.74 Å². The van der Waals surface area contributed by atoms with Crippen LogP contribution in [0.15, 0.2) is 0 Å². The van der Waals surface area contributed by atoms with E-state index in [1.165, 1.54) is 38.5 Å². The highest BCUT2D eigenvalue weighted by Gasteiger charge is 2.52. The van der Waals surface area contributed by atoms with E-state index in [9.17, 15) is 0 Å². The molecule has 2 saturated carbocycles. The van der Waals surface area contributed by atoms with Gasteiger partial charge in [-0.1, -0.05) is 13.8 Å². The summed E-state index contributed by atoms with van der Waals surface area (Å²) in [5.41, 5.74) is 0.606. The SMILES string of the molecule is CC1(C)C2CCC(C2)C1CC1CCCO1. The van der Waals surface area contributed by atoms with Crippen LogP contribution in [0, 0.1) is 23.2 Å². The second-order valence-electron chi connectivity index (χ2n) is 6.57. The lowest BCUT2D eigenvalue weighted by Gasteiger charge is -2.39. The average molecular weight is 208 g/mol. The minimum Gasteiger partial charge on any atom is -0.378 e. The zero-order valence-electron chi connectivity index (χ0n) is 10.2. The molecule has 4 atom stereocenters. The number of rotatable bonds is 2. The Hall–Kier alpha value is -0.0400. The molecular weight excluding hydrogens is 184 g/mol. The third kappa shape index (κ3) is 1.54. The van der Waals surface area contributed by atoms with Crippen molar-refractivity contribution in [1.29, 1.82) is 0 Å². The molecule has 2 bridgehead atoms. The Morgan fingerprint density at radius 2 is 2.07 bits per heavy atom. The molecule has 0 radical (unpaired) electrons. The van der Waals surface area contributed by atoms with Gasteiger partial charge in [-0.05, 0) is 61.7 Å². The minimum atomic E-state index is 0.605. The summed E-state index contributed by atoms with van der Waals surface area (Å²) in [6.07, 6.45) is 9.10. The first kappa shape index (κ1) is 10.1. The average Bonchev–Trinajstić information content (AvgIpc) is 2.87. The first-order valence-electron chi connectivity index (χ1n) is 6.79. The third-order valence-corrected chi connectivity index (χ3v) is 5.59. The van der Waals surface area contributed by atoms with Crippen LogP contribution >= 0.6 is 0 Å². The standard InChI is InChI=1S/C14H24O/c1-14(2)11-6-5-10(8-11)13(14)9-12-4-3-7-15-12/h10-13H,3-9H2,1-2H3. The van der Waals surface area contributed by atoms with Crippen LogP contribution in [-0.4, -0.2) is 12.7 Å². The third-order valence-electron chi connectivity index (χ3n) is 5.59. The highest BCUT2D eigenvalue weighted by molar-refractivity contribution is 5.02. The first-order valence-corrected chi connectivity index (χ1v) is 6.79. The summed E-state index contributed by atoms with van der Waals surface area (Å²) in [7, 11) is 0. The van der Waals surface area contributed by atoms with Gasteiger partial charge in [-0.2, -0.15) is 0 Å². The summed E-state index contributed by atoms with van der Waals surface area (Å²) >= 11 is 0. The Morgan fingerprint density at radius 1 is 1.20 bits per heavy atom. The number of fused-ring (bicyclic) bond motifs is 2. The molecule has 0 spiro atoms. The van der Waals surface area contributed by atoms with Gasteiger partial charge in [0.15, 0.2) is 0 Å². The van der Waals surface area contributed by atoms with Crippen molar-refractivity contribution in [2.45, 2.75) is 58.5 Å². The van der Waals surface area contributed by atoms with Gasteiger partial charge in [0.1, 0.15) is 0 Å². The predicted octanol–water partition coefficient (Wildman–Crippen LogP) is 3.63. The summed E-state index contributed by atoms with van der Waals surface area (Å²) in [5, 5.41) is 0. The van der Waals surface area contributed by atoms with Gasteiger partial charge in [0.25, 0.3) is 0 Å². The van der Waals surface area contributed by atoms with E-state index in [2.05, 4.69) is 13.8 Å². The smallest absolute Gasteiger partial charge is 0.0579 e. The van der Waals surface area contributed by atoms with Crippen LogP contribution in [-0.2, 0) is 4.74 Å². The van der Waals surface area contributed by atoms with Gasteiger partial charge in [-0.15, -0.1) is 0 Å². The Labute approximate surface area is 93.6 Å². The van der Waals surface area contributed by atoms with Crippen molar-refractivity contribution in [1.82, 2.24) is 0 Å². The largest absolute Gasteiger partial charge is 0.378 e. The lowest BCUT2D eigenvalue weighted by atomic mass is 9.67. The van der Waals surface area contributed by atoms with Crippen LogP contribution in [0.3, 0.4) is 0 Å². The van der Waals surface area contributed by atoms with Crippen molar-refractivity contribution >= 4 is 0 Å². The van der Waals surface area contributed by atoms with E-state index in [1.807, 2.05) is 0 Å². The molecule has 0 aromatic heterocycles. The van der Waals surface area contributed by atoms with Gasteiger partial charge < -0.3 is 4.74 Å². The molecule has 1 heteroatoms. The topological polar surface area (TPSA) is 9.23 Å². The maximum Gasteiger partial charge on any atom is 0.0579 e. The molecule has 86 valence electrons. The Balaban J connectivity index is 1.69. The van der Waals surface area contributed by atoms with Crippen molar-refractivity contribution in [3.63, 3.8) is 0 Å². The second kappa shape index (κ2) is 3.48. The van der Waals surface area contributed by atoms with Crippen molar-refractivity contribution in [3.05, 3.63) is 0 Å². The molecule has 4 unspecified atom stereocenters.